The molecule has 5 nitrogen and oxygen atoms in total. The van der Waals surface area contributed by atoms with Crippen molar-refractivity contribution in [2.24, 2.45) is 0 Å². The van der Waals surface area contributed by atoms with Gasteiger partial charge in [-0.3, -0.25) is 14.5 Å². The van der Waals surface area contributed by atoms with Crippen LogP contribution in [0.4, 0.5) is 9.52 Å². The van der Waals surface area contributed by atoms with Gasteiger partial charge in [-0.05, 0) is 29.8 Å². The number of aromatic nitrogens is 1. The van der Waals surface area contributed by atoms with Gasteiger partial charge in [-0.25, -0.2) is 9.37 Å². The normalized spacial score (nSPS) is 18.1. The molecule has 3 aromatic carbocycles. The van der Waals surface area contributed by atoms with Crippen LogP contribution in [0, 0.1) is 5.82 Å². The van der Waals surface area contributed by atoms with Gasteiger partial charge in [0.15, 0.2) is 5.13 Å². The molecule has 0 radical (unpaired) electrons. The van der Waals surface area contributed by atoms with Crippen molar-refractivity contribution in [2.45, 2.75) is 6.04 Å². The Labute approximate surface area is 180 Å². The number of rotatable bonds is 3. The van der Waals surface area contributed by atoms with E-state index in [2.05, 4.69) is 4.98 Å². The number of benzene rings is 3. The number of halogens is 1. The number of carbonyl (C=O) groups is 2. The zero-order valence-corrected chi connectivity index (χ0v) is 16.8. The fourth-order valence-electron chi connectivity index (χ4n) is 3.74. The van der Waals surface area contributed by atoms with Crippen LogP contribution >= 0.6 is 11.3 Å². The number of nitrogens with zero attached hydrogens (tertiary/aromatic N) is 2. The van der Waals surface area contributed by atoms with Crippen molar-refractivity contribution in [2.75, 3.05) is 4.90 Å². The standard InChI is InChI=1S/C24H15FN2O3S/c25-16-10-6-9-15(13-16)20-19(21(28)14-7-2-1-3-8-14)22(29)23(30)27(20)24-26-17-11-4-5-12-18(17)31-24/h1-13,20,28H. The maximum Gasteiger partial charge on any atom is 0.301 e. The third-order valence-corrected chi connectivity index (χ3v) is 6.18. The molecule has 0 aliphatic carbocycles. The summed E-state index contributed by atoms with van der Waals surface area (Å²) in [5.74, 6) is -2.47. The van der Waals surface area contributed by atoms with Crippen molar-refractivity contribution < 1.29 is 19.1 Å². The van der Waals surface area contributed by atoms with Gasteiger partial charge in [0.2, 0.25) is 0 Å². The van der Waals surface area contributed by atoms with Crippen molar-refractivity contribution in [1.29, 1.82) is 0 Å². The summed E-state index contributed by atoms with van der Waals surface area (Å²) in [7, 11) is 0. The number of Topliss-reactive ketones (excluding diaryl/α,β-unsaturated/α-hetero) is 1. The van der Waals surface area contributed by atoms with Gasteiger partial charge < -0.3 is 5.11 Å². The first-order chi connectivity index (χ1) is 15.0. The number of aliphatic hydroxyl groups is 1. The van der Waals surface area contributed by atoms with Gasteiger partial charge in [0.05, 0.1) is 21.8 Å². The van der Waals surface area contributed by atoms with Gasteiger partial charge in [0.25, 0.3) is 5.78 Å². The van der Waals surface area contributed by atoms with Crippen LogP contribution < -0.4 is 4.90 Å². The quantitative estimate of drug-likeness (QED) is 0.280. The van der Waals surface area contributed by atoms with Gasteiger partial charge in [-0.15, -0.1) is 0 Å². The number of hydrogen-bond acceptors (Lipinski definition) is 5. The molecule has 1 amide bonds. The van der Waals surface area contributed by atoms with E-state index in [1.807, 2.05) is 24.3 Å². The minimum atomic E-state index is -1.00. The summed E-state index contributed by atoms with van der Waals surface area (Å²) in [6, 6.07) is 20.5. The first-order valence-corrected chi connectivity index (χ1v) is 10.3. The molecular formula is C24H15FN2O3S. The number of thiazole rings is 1. The van der Waals surface area contributed by atoms with Crippen molar-refractivity contribution in [3.8, 4) is 0 Å². The molecule has 7 heteroatoms. The molecule has 31 heavy (non-hydrogen) atoms. The van der Waals surface area contributed by atoms with Gasteiger partial charge in [-0.2, -0.15) is 0 Å². The predicted molar refractivity (Wildman–Crippen MR) is 117 cm³/mol. The Morgan fingerprint density at radius 1 is 0.968 bits per heavy atom. The SMILES string of the molecule is O=C1C(=O)N(c2nc3ccccc3s2)C(c2cccc(F)c2)C1=C(O)c1ccccc1. The molecule has 0 spiro atoms. The molecule has 152 valence electrons. The number of fused-ring (bicyclic) bond motifs is 1. The molecule has 1 aromatic heterocycles. The summed E-state index contributed by atoms with van der Waals surface area (Å²) < 4.78 is 14.9. The molecule has 2 heterocycles. The molecule has 1 N–H and O–H groups in total. The second kappa shape index (κ2) is 7.45. The van der Waals surface area contributed by atoms with Crippen LogP contribution in [0.5, 0.6) is 0 Å². The summed E-state index contributed by atoms with van der Waals surface area (Å²) >= 11 is 1.26. The van der Waals surface area contributed by atoms with E-state index in [-0.39, 0.29) is 11.3 Å². The summed E-state index contributed by atoms with van der Waals surface area (Å²) in [5.41, 5.74) is 1.36. The maximum absolute atomic E-state index is 14.1. The second-order valence-electron chi connectivity index (χ2n) is 7.05. The van der Waals surface area contributed by atoms with Crippen molar-refractivity contribution in [3.05, 3.63) is 101 Å². The highest BCUT2D eigenvalue weighted by Gasteiger charge is 2.48. The highest BCUT2D eigenvalue weighted by molar-refractivity contribution is 7.22. The number of anilines is 1. The van der Waals surface area contributed by atoms with Crippen LogP contribution in [0.25, 0.3) is 16.0 Å². The van der Waals surface area contributed by atoms with E-state index in [0.717, 1.165) is 4.70 Å². The lowest BCUT2D eigenvalue weighted by Gasteiger charge is -2.23. The van der Waals surface area contributed by atoms with E-state index in [9.17, 15) is 19.1 Å². The van der Waals surface area contributed by atoms with Gasteiger partial charge >= 0.3 is 5.91 Å². The second-order valence-corrected chi connectivity index (χ2v) is 8.06. The van der Waals surface area contributed by atoms with Crippen molar-refractivity contribution in [3.63, 3.8) is 0 Å². The van der Waals surface area contributed by atoms with Crippen LogP contribution in [0.2, 0.25) is 0 Å². The zero-order valence-electron chi connectivity index (χ0n) is 16.0. The van der Waals surface area contributed by atoms with Gasteiger partial charge in [0.1, 0.15) is 11.6 Å². The van der Waals surface area contributed by atoms with Gasteiger partial charge in [0, 0.05) is 5.56 Å². The van der Waals surface area contributed by atoms with Crippen molar-refractivity contribution in [1.82, 2.24) is 4.98 Å². The Kier molecular flexibility index (Phi) is 4.60. The molecule has 1 saturated heterocycles. The monoisotopic (exact) mass is 430 g/mol. The first-order valence-electron chi connectivity index (χ1n) is 9.52. The minimum Gasteiger partial charge on any atom is -0.507 e. The molecule has 0 bridgehead atoms. The topological polar surface area (TPSA) is 70.5 Å². The molecule has 1 aliphatic rings. The zero-order chi connectivity index (χ0) is 21.5. The Morgan fingerprint density at radius 3 is 2.45 bits per heavy atom. The average molecular weight is 430 g/mol. The Hall–Kier alpha value is -3.84. The van der Waals surface area contributed by atoms with Crippen molar-refractivity contribution >= 4 is 44.1 Å². The molecule has 1 aliphatic heterocycles. The smallest absolute Gasteiger partial charge is 0.301 e. The molecular weight excluding hydrogens is 415 g/mol. The maximum atomic E-state index is 14.1. The number of amides is 1. The van der Waals surface area contributed by atoms with Crippen LogP contribution in [-0.4, -0.2) is 21.8 Å². The molecule has 5 rings (SSSR count). The number of para-hydroxylation sites is 1. The fourth-order valence-corrected chi connectivity index (χ4v) is 4.73. The third-order valence-electron chi connectivity index (χ3n) is 5.14. The molecule has 4 aromatic rings. The highest BCUT2D eigenvalue weighted by atomic mass is 32.1. The summed E-state index contributed by atoms with van der Waals surface area (Å²) in [6.45, 7) is 0. The van der Waals surface area contributed by atoms with Crippen LogP contribution in [-0.2, 0) is 9.59 Å². The summed E-state index contributed by atoms with van der Waals surface area (Å²) in [6.07, 6.45) is 0. The van der Waals surface area contributed by atoms with E-state index < -0.39 is 23.5 Å². The van der Waals surface area contributed by atoms with E-state index in [0.29, 0.717) is 21.8 Å². The largest absolute Gasteiger partial charge is 0.507 e. The lowest BCUT2D eigenvalue weighted by Crippen LogP contribution is -2.29. The predicted octanol–water partition coefficient (Wildman–Crippen LogP) is 5.06. The van der Waals surface area contributed by atoms with E-state index in [4.69, 9.17) is 0 Å². The van der Waals surface area contributed by atoms with Crippen LogP contribution in [0.3, 0.4) is 0 Å². The van der Waals surface area contributed by atoms with Crippen LogP contribution in [0.1, 0.15) is 17.2 Å². The Bertz CT molecular complexity index is 1330. The number of hydrogen-bond donors (Lipinski definition) is 1. The summed E-state index contributed by atoms with van der Waals surface area (Å²) in [5, 5.41) is 11.3. The lowest BCUT2D eigenvalue weighted by atomic mass is 9.95. The van der Waals surface area contributed by atoms with Gasteiger partial charge in [-0.1, -0.05) is 65.9 Å². The molecule has 0 saturated carbocycles. The molecule has 1 fully saturated rings. The number of ketones is 1. The molecule has 1 unspecified atom stereocenters. The van der Waals surface area contributed by atoms with Crippen LogP contribution in [0.15, 0.2) is 84.4 Å². The lowest BCUT2D eigenvalue weighted by molar-refractivity contribution is -0.132. The van der Waals surface area contributed by atoms with E-state index in [1.54, 1.807) is 36.4 Å². The Morgan fingerprint density at radius 2 is 1.71 bits per heavy atom. The first kappa shape index (κ1) is 19.1. The minimum absolute atomic E-state index is 0.0962. The van der Waals surface area contributed by atoms with E-state index in [1.165, 1.54) is 34.4 Å². The Balaban J connectivity index is 1.75. The third kappa shape index (κ3) is 3.19. The fraction of sp³-hybridized carbons (Fsp3) is 0.0417. The average Bonchev–Trinajstić information content (AvgIpc) is 3.32. The van der Waals surface area contributed by atoms with E-state index >= 15 is 0 Å². The highest BCUT2D eigenvalue weighted by Crippen LogP contribution is 2.44. The molecule has 1 atom stereocenters. The summed E-state index contributed by atoms with van der Waals surface area (Å²) in [4.78, 5) is 31.9. The number of aliphatic hydroxyl groups excluding tert-OH is 1. The number of carbonyl (C=O) groups excluding carboxylic acids is 2.